The molecular formula is C21H26N4. The van der Waals surface area contributed by atoms with Crippen LogP contribution in [0.2, 0.25) is 0 Å². The quantitative estimate of drug-likeness (QED) is 0.882. The Morgan fingerprint density at radius 2 is 2.08 bits per heavy atom. The average molecular weight is 334 g/mol. The summed E-state index contributed by atoms with van der Waals surface area (Å²) in [4.78, 5) is 11.2. The van der Waals surface area contributed by atoms with E-state index in [-0.39, 0.29) is 0 Å². The highest BCUT2D eigenvalue weighted by molar-refractivity contribution is 5.27. The van der Waals surface area contributed by atoms with Crippen LogP contribution in [-0.4, -0.2) is 40.5 Å². The summed E-state index contributed by atoms with van der Waals surface area (Å²) < 4.78 is 0. The first-order chi connectivity index (χ1) is 12.3. The van der Waals surface area contributed by atoms with Gasteiger partial charge in [0.1, 0.15) is 6.33 Å². The molecule has 25 heavy (non-hydrogen) atoms. The van der Waals surface area contributed by atoms with E-state index in [9.17, 15) is 0 Å². The standard InChI is InChI=1S/C21H26N4/c1-2-4-16(5-3-1)18-10-20(18)23-13-21(7-8-21)14-25-9-6-19-17(12-25)11-22-15-24-19/h1-5,11,15,18,20,23H,6-10,12-14H2/t18?,20-/m0/s1. The van der Waals surface area contributed by atoms with Crippen molar-refractivity contribution >= 4 is 0 Å². The van der Waals surface area contributed by atoms with Gasteiger partial charge in [0.2, 0.25) is 0 Å². The van der Waals surface area contributed by atoms with E-state index in [1.807, 2.05) is 6.20 Å². The first-order valence-corrected chi connectivity index (χ1v) is 9.60. The molecule has 4 nitrogen and oxygen atoms in total. The number of nitrogens with one attached hydrogen (secondary N) is 1. The lowest BCUT2D eigenvalue weighted by atomic mass is 10.0. The van der Waals surface area contributed by atoms with Crippen LogP contribution in [0.1, 0.15) is 42.0 Å². The topological polar surface area (TPSA) is 41.0 Å². The van der Waals surface area contributed by atoms with Crippen molar-refractivity contribution in [2.75, 3.05) is 19.6 Å². The van der Waals surface area contributed by atoms with Crippen LogP contribution < -0.4 is 5.32 Å². The molecule has 3 aliphatic rings. The van der Waals surface area contributed by atoms with Gasteiger partial charge in [-0.1, -0.05) is 30.3 Å². The molecule has 0 bridgehead atoms. The molecule has 130 valence electrons. The third-order valence-corrected chi connectivity index (χ3v) is 6.21. The molecule has 2 atom stereocenters. The lowest BCUT2D eigenvalue weighted by Gasteiger charge is -2.31. The lowest BCUT2D eigenvalue weighted by Crippen LogP contribution is -2.39. The van der Waals surface area contributed by atoms with Crippen molar-refractivity contribution < 1.29 is 0 Å². The van der Waals surface area contributed by atoms with Crippen molar-refractivity contribution in [2.24, 2.45) is 5.41 Å². The van der Waals surface area contributed by atoms with Gasteiger partial charge in [-0.05, 0) is 30.2 Å². The van der Waals surface area contributed by atoms with Gasteiger partial charge in [0.15, 0.2) is 0 Å². The minimum absolute atomic E-state index is 0.511. The Morgan fingerprint density at radius 1 is 1.20 bits per heavy atom. The largest absolute Gasteiger partial charge is 0.313 e. The maximum atomic E-state index is 4.42. The number of benzene rings is 1. The molecule has 2 aliphatic carbocycles. The molecule has 0 saturated heterocycles. The van der Waals surface area contributed by atoms with Gasteiger partial charge in [-0.2, -0.15) is 0 Å². The summed E-state index contributed by atoms with van der Waals surface area (Å²) in [5.41, 5.74) is 4.58. The highest BCUT2D eigenvalue weighted by Gasteiger charge is 2.46. The van der Waals surface area contributed by atoms with E-state index in [2.05, 4.69) is 50.5 Å². The van der Waals surface area contributed by atoms with Crippen LogP contribution in [0.15, 0.2) is 42.9 Å². The molecule has 4 heteroatoms. The third kappa shape index (κ3) is 3.33. The van der Waals surface area contributed by atoms with Crippen LogP contribution >= 0.6 is 0 Å². The summed E-state index contributed by atoms with van der Waals surface area (Å²) in [5, 5.41) is 3.87. The Morgan fingerprint density at radius 3 is 2.92 bits per heavy atom. The fourth-order valence-electron chi connectivity index (χ4n) is 4.34. The third-order valence-electron chi connectivity index (χ3n) is 6.21. The van der Waals surface area contributed by atoms with Crippen molar-refractivity contribution in [2.45, 2.75) is 44.2 Å². The Bertz CT molecular complexity index is 741. The smallest absolute Gasteiger partial charge is 0.115 e. The SMILES string of the molecule is c1ccc(C2C[C@@H]2NCC2(CN3CCc4ncncc4C3)CC2)cc1. The number of rotatable bonds is 6. The van der Waals surface area contributed by atoms with Gasteiger partial charge in [0, 0.05) is 62.0 Å². The minimum atomic E-state index is 0.511. The molecule has 0 spiro atoms. The van der Waals surface area contributed by atoms with Crippen LogP contribution in [0.25, 0.3) is 0 Å². The molecule has 1 aliphatic heterocycles. The first-order valence-electron chi connectivity index (χ1n) is 9.60. The van der Waals surface area contributed by atoms with Gasteiger partial charge < -0.3 is 5.32 Å². The van der Waals surface area contributed by atoms with Crippen molar-refractivity contribution in [3.8, 4) is 0 Å². The van der Waals surface area contributed by atoms with Crippen molar-refractivity contribution in [1.29, 1.82) is 0 Å². The van der Waals surface area contributed by atoms with E-state index in [4.69, 9.17) is 0 Å². The van der Waals surface area contributed by atoms with Crippen LogP contribution in [0.5, 0.6) is 0 Å². The molecule has 2 aromatic rings. The number of nitrogens with zero attached hydrogens (tertiary/aromatic N) is 3. The van der Waals surface area contributed by atoms with Crippen LogP contribution in [0.4, 0.5) is 0 Å². The van der Waals surface area contributed by atoms with Crippen molar-refractivity contribution in [3.05, 3.63) is 59.7 Å². The predicted molar refractivity (Wildman–Crippen MR) is 98.3 cm³/mol. The van der Waals surface area contributed by atoms with Crippen LogP contribution in [-0.2, 0) is 13.0 Å². The monoisotopic (exact) mass is 334 g/mol. The maximum Gasteiger partial charge on any atom is 0.115 e. The summed E-state index contributed by atoms with van der Waals surface area (Å²) in [6.45, 7) is 4.56. The zero-order valence-electron chi connectivity index (χ0n) is 14.7. The molecule has 0 radical (unpaired) electrons. The van der Waals surface area contributed by atoms with Crippen LogP contribution in [0.3, 0.4) is 0 Å². The number of aromatic nitrogens is 2. The minimum Gasteiger partial charge on any atom is -0.313 e. The Kier molecular flexibility index (Phi) is 3.83. The molecule has 1 aromatic carbocycles. The normalized spacial score (nSPS) is 26.9. The van der Waals surface area contributed by atoms with Gasteiger partial charge in [0.05, 0.1) is 0 Å². The molecule has 1 aromatic heterocycles. The summed E-state index contributed by atoms with van der Waals surface area (Å²) in [7, 11) is 0. The second-order valence-electron chi connectivity index (χ2n) is 8.20. The second-order valence-corrected chi connectivity index (χ2v) is 8.20. The number of hydrogen-bond donors (Lipinski definition) is 1. The highest BCUT2D eigenvalue weighted by Crippen LogP contribution is 2.48. The average Bonchev–Trinajstić information content (AvgIpc) is 3.57. The maximum absolute atomic E-state index is 4.42. The fraction of sp³-hybridized carbons (Fsp3) is 0.524. The van der Waals surface area contributed by atoms with Gasteiger partial charge in [0.25, 0.3) is 0 Å². The van der Waals surface area contributed by atoms with Crippen molar-refractivity contribution in [3.63, 3.8) is 0 Å². The Hall–Kier alpha value is -1.78. The molecule has 5 rings (SSSR count). The fourth-order valence-corrected chi connectivity index (χ4v) is 4.34. The van der Waals surface area contributed by atoms with Gasteiger partial charge in [-0.25, -0.2) is 9.97 Å². The van der Waals surface area contributed by atoms with Gasteiger partial charge in [-0.15, -0.1) is 0 Å². The second kappa shape index (κ2) is 6.19. The molecule has 2 heterocycles. The van der Waals surface area contributed by atoms with Gasteiger partial charge in [-0.3, -0.25) is 4.90 Å². The molecule has 2 fully saturated rings. The zero-order valence-corrected chi connectivity index (χ0v) is 14.7. The first kappa shape index (κ1) is 15.5. The summed E-state index contributed by atoms with van der Waals surface area (Å²) >= 11 is 0. The molecular weight excluding hydrogens is 308 g/mol. The van der Waals surface area contributed by atoms with E-state index in [1.165, 1.54) is 49.2 Å². The van der Waals surface area contributed by atoms with Crippen molar-refractivity contribution in [1.82, 2.24) is 20.2 Å². The highest BCUT2D eigenvalue weighted by atomic mass is 15.2. The predicted octanol–water partition coefficient (Wildman–Crippen LogP) is 2.76. The zero-order chi connectivity index (χ0) is 16.7. The van der Waals surface area contributed by atoms with E-state index in [0.29, 0.717) is 11.5 Å². The lowest BCUT2D eigenvalue weighted by molar-refractivity contribution is 0.197. The summed E-state index contributed by atoms with van der Waals surface area (Å²) in [6.07, 6.45) is 8.80. The Balaban J connectivity index is 1.14. The van der Waals surface area contributed by atoms with E-state index < -0.39 is 0 Å². The van der Waals surface area contributed by atoms with E-state index >= 15 is 0 Å². The van der Waals surface area contributed by atoms with E-state index in [0.717, 1.165) is 25.4 Å². The summed E-state index contributed by atoms with van der Waals surface area (Å²) in [6, 6.07) is 11.7. The molecule has 1 N–H and O–H groups in total. The molecule has 0 amide bonds. The summed E-state index contributed by atoms with van der Waals surface area (Å²) in [5.74, 6) is 0.732. The Labute approximate surface area is 149 Å². The molecule has 1 unspecified atom stereocenters. The van der Waals surface area contributed by atoms with E-state index in [1.54, 1.807) is 6.33 Å². The number of fused-ring (bicyclic) bond motifs is 1. The number of hydrogen-bond acceptors (Lipinski definition) is 4. The van der Waals surface area contributed by atoms with Gasteiger partial charge >= 0.3 is 0 Å². The molecule has 2 saturated carbocycles. The van der Waals surface area contributed by atoms with Crippen LogP contribution in [0, 0.1) is 5.41 Å².